The highest BCUT2D eigenvalue weighted by molar-refractivity contribution is 7.78. The lowest BCUT2D eigenvalue weighted by molar-refractivity contribution is 0.571. The van der Waals surface area contributed by atoms with Crippen LogP contribution in [0.15, 0.2) is 17.1 Å². The van der Waals surface area contributed by atoms with E-state index in [0.717, 1.165) is 0 Å². The van der Waals surface area contributed by atoms with Crippen molar-refractivity contribution in [2.75, 3.05) is 0 Å². The number of isothiocyanates is 1. The molecule has 0 bridgehead atoms. The van der Waals surface area contributed by atoms with Crippen LogP contribution >= 0.6 is 35.4 Å². The van der Waals surface area contributed by atoms with E-state index in [-0.39, 0.29) is 5.41 Å². The van der Waals surface area contributed by atoms with Crippen LogP contribution in [0.2, 0.25) is 10.0 Å². The third-order valence-corrected chi connectivity index (χ3v) is 2.45. The Balaban J connectivity index is 3.27. The highest BCUT2D eigenvalue weighted by Gasteiger charge is 2.08. The molecule has 0 unspecified atom stereocenters. The molecule has 17 heavy (non-hydrogen) atoms. The number of hydrogen-bond donors (Lipinski definition) is 0. The van der Waals surface area contributed by atoms with E-state index in [2.05, 4.69) is 34.2 Å². The summed E-state index contributed by atoms with van der Waals surface area (Å²) in [5.41, 5.74) is 1.10. The molecule has 0 aliphatic carbocycles. The Kier molecular flexibility index (Phi) is 4.74. The molecule has 0 aromatic heterocycles. The second-order valence-corrected chi connectivity index (χ2v) is 5.48. The molecule has 0 atom stereocenters. The normalized spacial score (nSPS) is 10.2. The number of halogens is 2. The highest BCUT2D eigenvalue weighted by Crippen LogP contribution is 2.30. The summed E-state index contributed by atoms with van der Waals surface area (Å²) in [6.45, 7) is 6.06. The second-order valence-electron chi connectivity index (χ2n) is 4.49. The van der Waals surface area contributed by atoms with Crippen molar-refractivity contribution >= 4 is 46.3 Å². The van der Waals surface area contributed by atoms with Gasteiger partial charge in [0.15, 0.2) is 0 Å². The third kappa shape index (κ3) is 4.50. The van der Waals surface area contributed by atoms with Gasteiger partial charge in [0.05, 0.1) is 26.5 Å². The molecule has 1 aromatic carbocycles. The van der Waals surface area contributed by atoms with Crippen molar-refractivity contribution in [2.24, 2.45) is 10.4 Å². The Bertz CT molecular complexity index is 518. The molecule has 0 saturated heterocycles. The van der Waals surface area contributed by atoms with E-state index in [1.807, 2.05) is 20.8 Å². The zero-order chi connectivity index (χ0) is 13.1. The molecule has 1 aromatic rings. The third-order valence-electron chi connectivity index (χ3n) is 1.76. The maximum atomic E-state index is 6.09. The molecule has 1 nitrogen and oxygen atoms in total. The highest BCUT2D eigenvalue weighted by atomic mass is 35.5. The quantitative estimate of drug-likeness (QED) is 0.396. The van der Waals surface area contributed by atoms with Gasteiger partial charge in [-0.3, -0.25) is 0 Å². The summed E-state index contributed by atoms with van der Waals surface area (Å²) in [7, 11) is 0. The van der Waals surface area contributed by atoms with Crippen LogP contribution in [0.1, 0.15) is 26.3 Å². The first-order valence-electron chi connectivity index (χ1n) is 4.93. The molecular weight excluding hydrogens is 273 g/mol. The Hall–Kier alpha value is -0.840. The van der Waals surface area contributed by atoms with Crippen molar-refractivity contribution in [3.63, 3.8) is 0 Å². The summed E-state index contributed by atoms with van der Waals surface area (Å²) in [4.78, 5) is 3.83. The number of hydrogen-bond acceptors (Lipinski definition) is 2. The summed E-state index contributed by atoms with van der Waals surface area (Å²) in [5.74, 6) is 6.07. The van der Waals surface area contributed by atoms with Gasteiger partial charge in [0.25, 0.3) is 0 Å². The van der Waals surface area contributed by atoms with Crippen molar-refractivity contribution < 1.29 is 0 Å². The SMILES string of the molecule is CC(C)(C)C#Cc1c(Cl)cc(N=C=S)cc1Cl. The molecular formula is C13H11Cl2NS. The van der Waals surface area contributed by atoms with E-state index in [9.17, 15) is 0 Å². The monoisotopic (exact) mass is 283 g/mol. The lowest BCUT2D eigenvalue weighted by atomic mass is 9.97. The second kappa shape index (κ2) is 5.67. The molecule has 0 spiro atoms. The van der Waals surface area contributed by atoms with Gasteiger partial charge in [0.1, 0.15) is 0 Å². The van der Waals surface area contributed by atoms with Crippen LogP contribution < -0.4 is 0 Å². The number of thiocarbonyl (C=S) groups is 1. The summed E-state index contributed by atoms with van der Waals surface area (Å²) in [6.07, 6.45) is 0. The summed E-state index contributed by atoms with van der Waals surface area (Å²) in [5, 5.41) is 3.21. The molecule has 0 aliphatic heterocycles. The summed E-state index contributed by atoms with van der Waals surface area (Å²) < 4.78 is 0. The minimum absolute atomic E-state index is 0.0993. The lowest BCUT2D eigenvalue weighted by Gasteiger charge is -2.07. The first-order valence-corrected chi connectivity index (χ1v) is 6.10. The number of benzene rings is 1. The Morgan fingerprint density at radius 2 is 1.71 bits per heavy atom. The first-order chi connectivity index (χ1) is 7.83. The van der Waals surface area contributed by atoms with Gasteiger partial charge < -0.3 is 0 Å². The maximum Gasteiger partial charge on any atom is 0.0770 e. The zero-order valence-electron chi connectivity index (χ0n) is 9.77. The van der Waals surface area contributed by atoms with Gasteiger partial charge in [-0.2, -0.15) is 4.99 Å². The van der Waals surface area contributed by atoms with E-state index in [0.29, 0.717) is 21.3 Å². The lowest BCUT2D eigenvalue weighted by Crippen LogP contribution is -1.99. The van der Waals surface area contributed by atoms with Crippen LogP contribution in [0, 0.1) is 17.3 Å². The van der Waals surface area contributed by atoms with Crippen LogP contribution in [0.3, 0.4) is 0 Å². The fourth-order valence-corrected chi connectivity index (χ4v) is 1.72. The van der Waals surface area contributed by atoms with Crippen LogP contribution in [-0.4, -0.2) is 5.16 Å². The van der Waals surface area contributed by atoms with Crippen LogP contribution in [0.5, 0.6) is 0 Å². The van der Waals surface area contributed by atoms with E-state index in [1.165, 1.54) is 0 Å². The van der Waals surface area contributed by atoms with E-state index >= 15 is 0 Å². The molecule has 0 fully saturated rings. The molecule has 88 valence electrons. The number of rotatable bonds is 1. The molecule has 4 heteroatoms. The Morgan fingerprint density at radius 3 is 2.12 bits per heavy atom. The molecule has 0 heterocycles. The van der Waals surface area contributed by atoms with Crippen molar-refractivity contribution in [1.82, 2.24) is 0 Å². The van der Waals surface area contributed by atoms with Gasteiger partial charge in [0.2, 0.25) is 0 Å². The standard InChI is InChI=1S/C13H11Cl2NS/c1-13(2,3)5-4-10-11(14)6-9(16-8-17)7-12(10)15/h6-7H,1-3H3. The van der Waals surface area contributed by atoms with Gasteiger partial charge in [-0.25, -0.2) is 0 Å². The van der Waals surface area contributed by atoms with Gasteiger partial charge in [-0.1, -0.05) is 35.0 Å². The average Bonchev–Trinajstić information content (AvgIpc) is 2.14. The van der Waals surface area contributed by atoms with E-state index in [1.54, 1.807) is 12.1 Å². The predicted octanol–water partition coefficient (Wildman–Crippen LogP) is 5.13. The van der Waals surface area contributed by atoms with Gasteiger partial charge in [-0.15, -0.1) is 0 Å². The van der Waals surface area contributed by atoms with Crippen molar-refractivity contribution in [3.05, 3.63) is 27.7 Å². The van der Waals surface area contributed by atoms with Crippen LogP contribution in [0.25, 0.3) is 0 Å². The molecule has 0 N–H and O–H groups in total. The smallest absolute Gasteiger partial charge is 0.0770 e. The fourth-order valence-electron chi connectivity index (χ4n) is 1.05. The molecule has 0 radical (unpaired) electrons. The minimum atomic E-state index is -0.0993. The topological polar surface area (TPSA) is 12.4 Å². The molecule has 0 aliphatic rings. The zero-order valence-corrected chi connectivity index (χ0v) is 12.1. The molecule has 0 amide bonds. The fraction of sp³-hybridized carbons (Fsp3) is 0.308. The largest absolute Gasteiger partial charge is 0.195 e. The first kappa shape index (κ1) is 14.2. The van der Waals surface area contributed by atoms with Crippen LogP contribution in [-0.2, 0) is 0 Å². The predicted molar refractivity (Wildman–Crippen MR) is 77.5 cm³/mol. The summed E-state index contributed by atoms with van der Waals surface area (Å²) in [6, 6.07) is 3.33. The van der Waals surface area contributed by atoms with E-state index in [4.69, 9.17) is 23.2 Å². The van der Waals surface area contributed by atoms with Crippen molar-refractivity contribution in [1.29, 1.82) is 0 Å². The average molecular weight is 284 g/mol. The Labute approximate surface area is 117 Å². The number of aliphatic imine (C=N–C) groups is 1. The van der Waals surface area contributed by atoms with Gasteiger partial charge >= 0.3 is 0 Å². The Morgan fingerprint density at radius 1 is 1.18 bits per heavy atom. The van der Waals surface area contributed by atoms with Crippen molar-refractivity contribution in [2.45, 2.75) is 20.8 Å². The van der Waals surface area contributed by atoms with Crippen LogP contribution in [0.4, 0.5) is 5.69 Å². The molecule has 0 saturated carbocycles. The van der Waals surface area contributed by atoms with E-state index < -0.39 is 0 Å². The minimum Gasteiger partial charge on any atom is -0.195 e. The summed E-state index contributed by atoms with van der Waals surface area (Å²) >= 11 is 16.7. The van der Waals surface area contributed by atoms with Gasteiger partial charge in [-0.05, 0) is 45.1 Å². The molecule has 1 rings (SSSR count). The maximum absolute atomic E-state index is 6.09. The van der Waals surface area contributed by atoms with Gasteiger partial charge in [0, 0.05) is 5.41 Å². The van der Waals surface area contributed by atoms with Crippen molar-refractivity contribution in [3.8, 4) is 11.8 Å². The number of nitrogens with zero attached hydrogens (tertiary/aromatic N) is 1.